The van der Waals surface area contributed by atoms with Gasteiger partial charge in [-0.25, -0.2) is 8.78 Å². The highest BCUT2D eigenvalue weighted by atomic mass is 35.5. The number of rotatable bonds is 4. The fourth-order valence-electron chi connectivity index (χ4n) is 1.19. The first-order valence-electron chi connectivity index (χ1n) is 4.47. The van der Waals surface area contributed by atoms with Gasteiger partial charge >= 0.3 is 36.0 Å². The van der Waals surface area contributed by atoms with Crippen molar-refractivity contribution in [2.24, 2.45) is 0 Å². The maximum atomic E-state index is 13.5. The molecule has 0 spiro atoms. The highest BCUT2D eigenvalue weighted by molar-refractivity contribution is 6.17. The fourth-order valence-corrected chi connectivity index (χ4v) is 1.34. The summed E-state index contributed by atoms with van der Waals surface area (Å²) in [5, 5.41) is 0. The lowest BCUT2D eigenvalue weighted by molar-refractivity contribution is -0.478. The molecule has 0 aliphatic carbocycles. The summed E-state index contributed by atoms with van der Waals surface area (Å²) in [6.45, 7) is 0. The first-order chi connectivity index (χ1) is 9.31. The molecule has 0 aromatic rings. The van der Waals surface area contributed by atoms with Crippen molar-refractivity contribution in [3.05, 3.63) is 0 Å². The predicted octanol–water partition coefficient (Wildman–Crippen LogP) is 4.90. The molecule has 0 amide bonds. The van der Waals surface area contributed by atoms with E-state index in [1.54, 1.807) is 0 Å². The zero-order chi connectivity index (χ0) is 18.4. The van der Waals surface area contributed by atoms with Crippen molar-refractivity contribution in [3.8, 4) is 0 Å². The molecule has 0 aromatic heterocycles. The number of ether oxygens (including phenoxy) is 1. The summed E-state index contributed by atoms with van der Waals surface area (Å²) >= 11 is 4.28. The van der Waals surface area contributed by atoms with Gasteiger partial charge in [0.05, 0.1) is 0 Å². The van der Waals surface area contributed by atoms with Gasteiger partial charge < -0.3 is 4.74 Å². The van der Waals surface area contributed by atoms with Crippen LogP contribution >= 0.6 is 11.6 Å². The van der Waals surface area contributed by atoms with Gasteiger partial charge in [0.2, 0.25) is 0 Å². The van der Waals surface area contributed by atoms with Crippen LogP contribution in [0.1, 0.15) is 0 Å². The molecule has 0 N–H and O–H groups in total. The summed E-state index contributed by atoms with van der Waals surface area (Å²) in [5.41, 5.74) is -7.72. The van der Waals surface area contributed by atoms with E-state index in [2.05, 4.69) is 16.3 Å². The molecule has 0 rings (SSSR count). The van der Waals surface area contributed by atoms with E-state index in [0.29, 0.717) is 0 Å². The van der Waals surface area contributed by atoms with Crippen molar-refractivity contribution in [1.82, 2.24) is 0 Å². The fraction of sp³-hybridized carbons (Fsp3) is 1.00. The first-order valence-corrected chi connectivity index (χ1v) is 5.00. The Morgan fingerprint density at radius 3 is 1.09 bits per heavy atom. The molecule has 0 heterocycles. The van der Waals surface area contributed by atoms with E-state index in [4.69, 9.17) is 0 Å². The van der Waals surface area contributed by atoms with Gasteiger partial charge in [-0.3, -0.25) is 0 Å². The molecule has 1 unspecified atom stereocenters. The Kier molecular flexibility index (Phi) is 5.29. The van der Waals surface area contributed by atoms with E-state index in [-0.39, 0.29) is 0 Å². The van der Waals surface area contributed by atoms with Crippen LogP contribution in [0, 0.1) is 0 Å². The average molecular weight is 385 g/mol. The van der Waals surface area contributed by atoms with E-state index in [9.17, 15) is 57.1 Å². The van der Waals surface area contributed by atoms with Gasteiger partial charge in [-0.15, -0.1) is 0 Å². The van der Waals surface area contributed by atoms with Crippen LogP contribution in [0.5, 0.6) is 0 Å². The van der Waals surface area contributed by atoms with E-state index in [0.717, 1.165) is 0 Å². The molecule has 22 heavy (non-hydrogen) atoms. The van der Waals surface area contributed by atoms with E-state index >= 15 is 0 Å². The third-order valence-electron chi connectivity index (χ3n) is 2.24. The Morgan fingerprint density at radius 1 is 0.591 bits per heavy atom. The van der Waals surface area contributed by atoms with Gasteiger partial charge in [0.25, 0.3) is 0 Å². The lowest BCUT2D eigenvalue weighted by atomic mass is 9.88. The van der Waals surface area contributed by atoms with Crippen LogP contribution < -0.4 is 0 Å². The molecule has 0 aliphatic heterocycles. The lowest BCUT2D eigenvalue weighted by Crippen LogP contribution is -2.75. The van der Waals surface area contributed by atoms with Crippen molar-refractivity contribution in [2.45, 2.75) is 36.0 Å². The molecule has 0 fully saturated rings. The van der Waals surface area contributed by atoms with Crippen molar-refractivity contribution in [3.63, 3.8) is 0 Å². The van der Waals surface area contributed by atoms with Gasteiger partial charge in [-0.05, 0) is 0 Å². The van der Waals surface area contributed by atoms with Crippen LogP contribution in [-0.2, 0) is 4.74 Å². The van der Waals surface area contributed by atoms with E-state index in [1.165, 1.54) is 0 Å². The van der Waals surface area contributed by atoms with Crippen LogP contribution in [-0.4, -0.2) is 42.0 Å². The zero-order valence-corrected chi connectivity index (χ0v) is 10.2. The van der Waals surface area contributed by atoms with Crippen molar-refractivity contribution >= 4 is 11.6 Å². The zero-order valence-electron chi connectivity index (χ0n) is 9.41. The van der Waals surface area contributed by atoms with Crippen LogP contribution in [0.25, 0.3) is 0 Å². The maximum Gasteiger partial charge on any atom is 0.459 e. The number of alkyl halides is 14. The molecule has 1 nitrogen and oxygen atoms in total. The van der Waals surface area contributed by atoms with Crippen LogP contribution in [0.4, 0.5) is 57.1 Å². The van der Waals surface area contributed by atoms with E-state index in [1.807, 2.05) is 0 Å². The summed E-state index contributed by atoms with van der Waals surface area (Å²) in [6.07, 6.45) is -22.5. The highest BCUT2D eigenvalue weighted by Crippen LogP contribution is 2.61. The van der Waals surface area contributed by atoms with Crippen molar-refractivity contribution in [2.75, 3.05) is 6.07 Å². The van der Waals surface area contributed by atoms with Gasteiger partial charge in [0.15, 0.2) is 0 Å². The standard InChI is InChI=1S/C7H2ClF13O/c8-1-22-4(12,3(10,11)7(19,20)21)2(9,5(13,14)15)6(16,17)18/h1H2. The predicted molar refractivity (Wildman–Crippen MR) is 42.6 cm³/mol. The Hall–Kier alpha value is -0.660. The highest BCUT2D eigenvalue weighted by Gasteiger charge is 2.93. The van der Waals surface area contributed by atoms with Crippen LogP contribution in [0.15, 0.2) is 0 Å². The second-order valence-electron chi connectivity index (χ2n) is 3.57. The van der Waals surface area contributed by atoms with Crippen molar-refractivity contribution in [1.29, 1.82) is 0 Å². The smallest absolute Gasteiger partial charge is 0.322 e. The monoisotopic (exact) mass is 384 g/mol. The minimum Gasteiger partial charge on any atom is -0.322 e. The molecule has 0 aromatic carbocycles. The summed E-state index contributed by atoms with van der Waals surface area (Å²) in [7, 11) is 0. The summed E-state index contributed by atoms with van der Waals surface area (Å²) in [5.74, 6) is -14.8. The third kappa shape index (κ3) is 2.78. The molecule has 1 atom stereocenters. The molecule has 0 radical (unpaired) electrons. The number of halogens is 14. The molecule has 0 saturated heterocycles. The minimum absolute atomic E-state index is 2.37. The minimum atomic E-state index is -7.72. The van der Waals surface area contributed by atoms with Crippen LogP contribution in [0.2, 0.25) is 0 Å². The normalized spacial score (nSPS) is 18.3. The largest absolute Gasteiger partial charge is 0.459 e. The lowest BCUT2D eigenvalue weighted by Gasteiger charge is -2.43. The SMILES string of the molecule is FC(F)(F)C(F)(F)C(F)(OCCl)C(F)(C(F)(F)F)C(F)(F)F. The summed E-state index contributed by atoms with van der Waals surface area (Å²) in [4.78, 5) is 0. The second-order valence-corrected chi connectivity index (χ2v) is 3.79. The van der Waals surface area contributed by atoms with Crippen molar-refractivity contribution < 1.29 is 61.8 Å². The number of hydrogen-bond acceptors (Lipinski definition) is 1. The molecular formula is C7H2ClF13O. The Balaban J connectivity index is 6.69. The topological polar surface area (TPSA) is 9.23 Å². The molecule has 0 aliphatic rings. The molecular weight excluding hydrogens is 383 g/mol. The average Bonchev–Trinajstić information content (AvgIpc) is 2.22. The summed E-state index contributed by atoms with van der Waals surface area (Å²) in [6, 6.07) is -2.37. The quantitative estimate of drug-likeness (QED) is 0.495. The summed E-state index contributed by atoms with van der Waals surface area (Å²) < 4.78 is 164. The van der Waals surface area contributed by atoms with Gasteiger partial charge in [-0.2, -0.15) is 48.3 Å². The van der Waals surface area contributed by atoms with Gasteiger partial charge in [0.1, 0.15) is 6.07 Å². The van der Waals surface area contributed by atoms with E-state index < -0.39 is 42.0 Å². The Morgan fingerprint density at radius 2 is 0.909 bits per heavy atom. The maximum absolute atomic E-state index is 13.5. The molecule has 15 heteroatoms. The first kappa shape index (κ1) is 21.3. The van der Waals surface area contributed by atoms with Gasteiger partial charge in [-0.1, -0.05) is 11.6 Å². The molecule has 134 valence electrons. The second kappa shape index (κ2) is 5.46. The van der Waals surface area contributed by atoms with Crippen LogP contribution in [0.3, 0.4) is 0 Å². The molecule has 0 saturated carbocycles. The third-order valence-corrected chi connectivity index (χ3v) is 2.35. The van der Waals surface area contributed by atoms with Gasteiger partial charge in [0, 0.05) is 0 Å². The Labute approximate surface area is 116 Å². The Bertz CT molecular complexity index is 381. The molecule has 0 bridgehead atoms. The number of hydrogen-bond donors (Lipinski definition) is 0.